The predicted octanol–water partition coefficient (Wildman–Crippen LogP) is 2.40. The van der Waals surface area contributed by atoms with E-state index in [1.165, 1.54) is 5.56 Å². The molecule has 2 aliphatic heterocycles. The van der Waals surface area contributed by atoms with Gasteiger partial charge in [0.2, 0.25) is 0 Å². The lowest BCUT2D eigenvalue weighted by Gasteiger charge is -2.27. The predicted molar refractivity (Wildman–Crippen MR) is 102 cm³/mol. The Bertz CT molecular complexity index is 795. The SMILES string of the molecule is C=C/C1=C2/NC(=NCCNCCCc3cc(C#N)cc1c3)C=CN2C. The van der Waals surface area contributed by atoms with Gasteiger partial charge in [-0.1, -0.05) is 18.7 Å². The number of allylic oxidation sites excluding steroid dienone is 2. The molecule has 2 aliphatic rings. The van der Waals surface area contributed by atoms with Crippen molar-refractivity contribution >= 4 is 11.4 Å². The summed E-state index contributed by atoms with van der Waals surface area (Å²) in [5.74, 6) is 1.75. The fourth-order valence-electron chi connectivity index (χ4n) is 3.06. The van der Waals surface area contributed by atoms with Gasteiger partial charge in [-0.05, 0) is 48.7 Å². The molecule has 0 fully saturated rings. The van der Waals surface area contributed by atoms with Crippen molar-refractivity contribution in [2.45, 2.75) is 12.8 Å². The minimum atomic E-state index is 0.676. The van der Waals surface area contributed by atoms with E-state index in [0.29, 0.717) is 5.56 Å². The minimum Gasteiger partial charge on any atom is -0.337 e. The van der Waals surface area contributed by atoms with Crippen LogP contribution in [0.25, 0.3) is 5.57 Å². The van der Waals surface area contributed by atoms with Crippen LogP contribution in [0.15, 0.2) is 53.9 Å². The van der Waals surface area contributed by atoms with Crippen molar-refractivity contribution in [3.8, 4) is 6.07 Å². The topological polar surface area (TPSA) is 63.5 Å². The average molecular weight is 333 g/mol. The lowest BCUT2D eigenvalue weighted by Crippen LogP contribution is -2.35. The highest BCUT2D eigenvalue weighted by molar-refractivity contribution is 5.97. The van der Waals surface area contributed by atoms with Gasteiger partial charge in [0.1, 0.15) is 11.7 Å². The van der Waals surface area contributed by atoms with E-state index in [4.69, 9.17) is 0 Å². The highest BCUT2D eigenvalue weighted by Crippen LogP contribution is 2.25. The molecular weight excluding hydrogens is 310 g/mol. The third-order valence-corrected chi connectivity index (χ3v) is 4.34. The molecule has 0 spiro atoms. The third kappa shape index (κ3) is 3.98. The summed E-state index contributed by atoms with van der Waals surface area (Å²) >= 11 is 0. The minimum absolute atomic E-state index is 0.676. The first-order chi connectivity index (χ1) is 12.2. The molecule has 4 bridgehead atoms. The van der Waals surface area contributed by atoms with Crippen LogP contribution in [0, 0.1) is 11.3 Å². The van der Waals surface area contributed by atoms with E-state index >= 15 is 0 Å². The molecule has 128 valence electrons. The van der Waals surface area contributed by atoms with Gasteiger partial charge in [0.25, 0.3) is 0 Å². The van der Waals surface area contributed by atoms with E-state index in [-0.39, 0.29) is 0 Å². The Morgan fingerprint density at radius 1 is 1.32 bits per heavy atom. The number of aryl methyl sites for hydroxylation is 1. The monoisotopic (exact) mass is 333 g/mol. The number of hydrogen-bond donors (Lipinski definition) is 2. The zero-order chi connectivity index (χ0) is 17.6. The van der Waals surface area contributed by atoms with Gasteiger partial charge in [-0.15, -0.1) is 0 Å². The summed E-state index contributed by atoms with van der Waals surface area (Å²) in [6.45, 7) is 6.52. The number of fused-ring (bicyclic) bond motifs is 4. The van der Waals surface area contributed by atoms with Crippen molar-refractivity contribution in [3.05, 3.63) is 65.6 Å². The second-order valence-corrected chi connectivity index (χ2v) is 6.17. The van der Waals surface area contributed by atoms with E-state index in [1.54, 1.807) is 0 Å². The van der Waals surface area contributed by atoms with E-state index in [2.05, 4.69) is 34.3 Å². The largest absolute Gasteiger partial charge is 0.337 e. The second kappa shape index (κ2) is 7.82. The number of nitriles is 1. The lowest BCUT2D eigenvalue weighted by atomic mass is 9.97. The molecule has 1 aromatic rings. The Morgan fingerprint density at radius 2 is 2.20 bits per heavy atom. The molecule has 3 rings (SSSR count). The number of benzene rings is 1. The molecule has 0 aromatic heterocycles. The van der Waals surface area contributed by atoms with Gasteiger partial charge < -0.3 is 15.5 Å². The summed E-state index contributed by atoms with van der Waals surface area (Å²) in [5.41, 5.74) is 3.82. The normalized spacial score (nSPS) is 20.8. The van der Waals surface area contributed by atoms with E-state index < -0.39 is 0 Å². The molecule has 0 aliphatic carbocycles. The standard InChI is InChI=1S/C20H23N5/c1-3-18-17-12-15(11-16(13-17)14-21)5-4-7-22-8-9-23-19-6-10-25(2)20(18)24-19/h3,6,10-13,22H,1,4-5,7-9H2,2H3,(H,23,24)/b20-18+. The number of nitrogens with one attached hydrogen (secondary N) is 2. The highest BCUT2D eigenvalue weighted by atomic mass is 15.2. The maximum absolute atomic E-state index is 9.40. The Morgan fingerprint density at radius 3 is 3.00 bits per heavy atom. The Kier molecular flexibility index (Phi) is 5.32. The molecule has 0 saturated carbocycles. The highest BCUT2D eigenvalue weighted by Gasteiger charge is 2.16. The summed E-state index contributed by atoms with van der Waals surface area (Å²) in [4.78, 5) is 6.62. The van der Waals surface area contributed by atoms with E-state index in [1.807, 2.05) is 42.4 Å². The molecule has 0 amide bonds. The van der Waals surface area contributed by atoms with Crippen LogP contribution in [0.5, 0.6) is 0 Å². The number of amidine groups is 1. The van der Waals surface area contributed by atoms with Gasteiger partial charge >= 0.3 is 0 Å². The van der Waals surface area contributed by atoms with Crippen molar-refractivity contribution in [1.82, 2.24) is 15.5 Å². The molecule has 2 N–H and O–H groups in total. The van der Waals surface area contributed by atoms with Gasteiger partial charge in [0, 0.05) is 25.4 Å². The second-order valence-electron chi connectivity index (χ2n) is 6.17. The Balaban J connectivity index is 2.14. The fourth-order valence-corrected chi connectivity index (χ4v) is 3.06. The molecule has 2 heterocycles. The van der Waals surface area contributed by atoms with Crippen molar-refractivity contribution in [3.63, 3.8) is 0 Å². The van der Waals surface area contributed by atoms with Gasteiger partial charge in [0.15, 0.2) is 0 Å². The molecule has 0 unspecified atom stereocenters. The maximum atomic E-state index is 9.40. The molecule has 0 saturated heterocycles. The number of aliphatic imine (C=N–C) groups is 1. The van der Waals surface area contributed by atoms with Crippen molar-refractivity contribution in [1.29, 1.82) is 5.26 Å². The van der Waals surface area contributed by atoms with E-state index in [9.17, 15) is 5.26 Å². The third-order valence-electron chi connectivity index (χ3n) is 4.34. The molecule has 5 nitrogen and oxygen atoms in total. The first kappa shape index (κ1) is 17.0. The summed E-state index contributed by atoms with van der Waals surface area (Å²) < 4.78 is 0. The zero-order valence-corrected chi connectivity index (χ0v) is 14.5. The summed E-state index contributed by atoms with van der Waals surface area (Å²) in [6, 6.07) is 8.33. The average Bonchev–Trinajstić information content (AvgIpc) is 2.63. The van der Waals surface area contributed by atoms with Gasteiger partial charge in [-0.3, -0.25) is 4.99 Å². The first-order valence-electron chi connectivity index (χ1n) is 8.55. The fraction of sp³-hybridized carbons (Fsp3) is 0.300. The van der Waals surface area contributed by atoms with Crippen LogP contribution in [0.1, 0.15) is 23.1 Å². The summed E-state index contributed by atoms with van der Waals surface area (Å²) in [5, 5.41) is 16.2. The van der Waals surface area contributed by atoms with Crippen molar-refractivity contribution in [2.24, 2.45) is 4.99 Å². The molecule has 5 heteroatoms. The van der Waals surface area contributed by atoms with Crippen LogP contribution in [-0.2, 0) is 6.42 Å². The van der Waals surface area contributed by atoms with Crippen LogP contribution in [0.4, 0.5) is 0 Å². The summed E-state index contributed by atoms with van der Waals surface area (Å²) in [6.07, 6.45) is 7.76. The zero-order valence-electron chi connectivity index (χ0n) is 14.5. The van der Waals surface area contributed by atoms with Crippen molar-refractivity contribution < 1.29 is 0 Å². The van der Waals surface area contributed by atoms with E-state index in [0.717, 1.165) is 55.3 Å². The molecule has 1 aromatic carbocycles. The van der Waals surface area contributed by atoms with Crippen LogP contribution in [-0.4, -0.2) is 37.4 Å². The maximum Gasteiger partial charge on any atom is 0.127 e. The Hall–Kier alpha value is -2.84. The first-order valence-corrected chi connectivity index (χ1v) is 8.55. The summed E-state index contributed by atoms with van der Waals surface area (Å²) in [7, 11) is 1.98. The molecule has 0 radical (unpaired) electrons. The number of hydrogen-bond acceptors (Lipinski definition) is 5. The quantitative estimate of drug-likeness (QED) is 0.828. The molecule has 0 atom stereocenters. The van der Waals surface area contributed by atoms with Gasteiger partial charge in [-0.2, -0.15) is 5.26 Å². The van der Waals surface area contributed by atoms with Gasteiger partial charge in [0.05, 0.1) is 18.2 Å². The van der Waals surface area contributed by atoms with Crippen LogP contribution >= 0.6 is 0 Å². The Labute approximate surface area is 149 Å². The smallest absolute Gasteiger partial charge is 0.127 e. The lowest BCUT2D eigenvalue weighted by molar-refractivity contribution is 0.535. The van der Waals surface area contributed by atoms with Gasteiger partial charge in [-0.25, -0.2) is 0 Å². The molecule has 25 heavy (non-hydrogen) atoms. The van der Waals surface area contributed by atoms with Crippen LogP contribution < -0.4 is 10.6 Å². The van der Waals surface area contributed by atoms with Crippen LogP contribution in [0.3, 0.4) is 0 Å². The van der Waals surface area contributed by atoms with Crippen molar-refractivity contribution in [2.75, 3.05) is 26.7 Å². The number of rotatable bonds is 1. The number of nitrogens with zero attached hydrogens (tertiary/aromatic N) is 3. The van der Waals surface area contributed by atoms with Crippen LogP contribution in [0.2, 0.25) is 0 Å². The molecular formula is C20H23N5.